The summed E-state index contributed by atoms with van der Waals surface area (Å²) in [6.45, 7) is 0.659. The van der Waals surface area contributed by atoms with E-state index in [1.165, 1.54) is 5.69 Å². The number of amides is 1. The van der Waals surface area contributed by atoms with Crippen LogP contribution in [0.25, 0.3) is 0 Å². The lowest BCUT2D eigenvalue weighted by molar-refractivity contribution is -0.143. The van der Waals surface area contributed by atoms with E-state index < -0.39 is 5.97 Å². The largest absolute Gasteiger partial charge is 0.481 e. The average Bonchev–Trinajstić information content (AvgIpc) is 3.20. The maximum absolute atomic E-state index is 12.5. The number of carbonyl (C=O) groups is 2. The van der Waals surface area contributed by atoms with Crippen molar-refractivity contribution in [1.29, 1.82) is 0 Å². The molecule has 2 saturated carbocycles. The van der Waals surface area contributed by atoms with Gasteiger partial charge in [-0.15, -0.1) is 0 Å². The summed E-state index contributed by atoms with van der Waals surface area (Å²) in [5.74, 6) is -0.168. The van der Waals surface area contributed by atoms with Crippen LogP contribution in [0.1, 0.15) is 31.4 Å². The van der Waals surface area contributed by atoms with Crippen molar-refractivity contribution in [3.63, 3.8) is 0 Å². The van der Waals surface area contributed by atoms with Crippen molar-refractivity contribution in [2.75, 3.05) is 0 Å². The van der Waals surface area contributed by atoms with E-state index in [1.807, 2.05) is 10.7 Å². The van der Waals surface area contributed by atoms with Crippen LogP contribution in [-0.2, 0) is 22.6 Å². The molecule has 2 bridgehead atoms. The molecule has 1 unspecified atom stereocenters. The molecule has 3 aliphatic rings. The third kappa shape index (κ3) is 2.21. The molecule has 2 fully saturated rings. The summed E-state index contributed by atoms with van der Waals surface area (Å²) >= 11 is 0. The van der Waals surface area contributed by atoms with E-state index in [0.717, 1.165) is 32.1 Å². The first-order chi connectivity index (χ1) is 10.6. The van der Waals surface area contributed by atoms with Gasteiger partial charge in [-0.2, -0.15) is 5.10 Å². The van der Waals surface area contributed by atoms with Crippen molar-refractivity contribution in [3.05, 3.63) is 18.0 Å². The Morgan fingerprint density at radius 1 is 1.27 bits per heavy atom. The standard InChI is InChI=1S/C16H21N3O3/c20-15(9-1-2-12-3-4-17-19(12)8-9)18-14-7-10-5-11(14)6-13(10)16(21)22/h3-4,9-11,13-14H,1-2,5-8H2,(H,18,20)(H,21,22)/t9?,10-,11-,13-,14-/m1/s1. The molecule has 6 nitrogen and oxygen atoms in total. The fourth-order valence-corrected chi connectivity index (χ4v) is 4.63. The Balaban J connectivity index is 1.36. The van der Waals surface area contributed by atoms with Crippen molar-refractivity contribution in [1.82, 2.24) is 15.1 Å². The van der Waals surface area contributed by atoms with Crippen LogP contribution in [0.15, 0.2) is 12.3 Å². The summed E-state index contributed by atoms with van der Waals surface area (Å²) in [5.41, 5.74) is 1.20. The molecule has 0 radical (unpaired) electrons. The van der Waals surface area contributed by atoms with E-state index in [2.05, 4.69) is 10.4 Å². The Morgan fingerprint density at radius 2 is 2.14 bits per heavy atom. The smallest absolute Gasteiger partial charge is 0.306 e. The zero-order valence-corrected chi connectivity index (χ0v) is 12.4. The van der Waals surface area contributed by atoms with Gasteiger partial charge in [0.15, 0.2) is 0 Å². The SMILES string of the molecule is O=C(N[C@@H]1C[C@H]2C[C@@H]1C[C@H]2C(=O)O)C1CCc2ccnn2C1. The van der Waals surface area contributed by atoms with Crippen LogP contribution in [-0.4, -0.2) is 32.8 Å². The summed E-state index contributed by atoms with van der Waals surface area (Å²) in [5, 5.41) is 16.6. The highest BCUT2D eigenvalue weighted by atomic mass is 16.4. The van der Waals surface area contributed by atoms with Crippen LogP contribution in [0.2, 0.25) is 0 Å². The highest BCUT2D eigenvalue weighted by Crippen LogP contribution is 2.48. The minimum atomic E-state index is -0.671. The molecular weight excluding hydrogens is 282 g/mol. The number of hydrogen-bond donors (Lipinski definition) is 2. The van der Waals surface area contributed by atoms with Gasteiger partial charge in [-0.05, 0) is 50.0 Å². The Bertz CT molecular complexity index is 612. The van der Waals surface area contributed by atoms with Gasteiger partial charge in [0.05, 0.1) is 18.4 Å². The van der Waals surface area contributed by atoms with Crippen LogP contribution >= 0.6 is 0 Å². The summed E-state index contributed by atoms with van der Waals surface area (Å²) in [6, 6.07) is 2.18. The van der Waals surface area contributed by atoms with E-state index in [9.17, 15) is 14.7 Å². The first-order valence-electron chi connectivity index (χ1n) is 8.15. The molecule has 22 heavy (non-hydrogen) atoms. The Hall–Kier alpha value is -1.85. The van der Waals surface area contributed by atoms with Gasteiger partial charge in [-0.3, -0.25) is 14.3 Å². The molecule has 2 aliphatic carbocycles. The van der Waals surface area contributed by atoms with Gasteiger partial charge in [-0.1, -0.05) is 0 Å². The monoisotopic (exact) mass is 303 g/mol. The summed E-state index contributed by atoms with van der Waals surface area (Å²) < 4.78 is 1.93. The highest BCUT2D eigenvalue weighted by molar-refractivity contribution is 5.79. The Morgan fingerprint density at radius 3 is 2.86 bits per heavy atom. The zero-order valence-electron chi connectivity index (χ0n) is 12.4. The van der Waals surface area contributed by atoms with Crippen LogP contribution in [0.4, 0.5) is 0 Å². The molecular formula is C16H21N3O3. The molecule has 2 heterocycles. The Labute approximate surface area is 128 Å². The van der Waals surface area contributed by atoms with E-state index in [-0.39, 0.29) is 29.7 Å². The second-order valence-electron chi connectivity index (χ2n) is 7.03. The predicted molar refractivity (Wildman–Crippen MR) is 77.9 cm³/mol. The Kier molecular flexibility index (Phi) is 3.20. The van der Waals surface area contributed by atoms with Crippen LogP contribution in [0.3, 0.4) is 0 Å². The number of hydrogen-bond acceptors (Lipinski definition) is 3. The van der Waals surface area contributed by atoms with Gasteiger partial charge in [-0.25, -0.2) is 0 Å². The maximum Gasteiger partial charge on any atom is 0.306 e. The minimum absolute atomic E-state index is 0.0122. The van der Waals surface area contributed by atoms with Crippen LogP contribution < -0.4 is 5.32 Å². The minimum Gasteiger partial charge on any atom is -0.481 e. The number of nitrogens with one attached hydrogen (secondary N) is 1. The molecule has 1 aromatic heterocycles. The lowest BCUT2D eigenvalue weighted by Crippen LogP contribution is -2.45. The summed E-state index contributed by atoms with van der Waals surface area (Å²) in [6.07, 6.45) is 6.06. The van der Waals surface area contributed by atoms with Crippen molar-refractivity contribution in [2.24, 2.45) is 23.7 Å². The molecule has 5 atom stereocenters. The molecule has 1 aliphatic heterocycles. The van der Waals surface area contributed by atoms with Gasteiger partial charge in [0.2, 0.25) is 5.91 Å². The number of rotatable bonds is 3. The number of nitrogens with zero attached hydrogens (tertiary/aromatic N) is 2. The number of aliphatic carboxylic acids is 1. The van der Waals surface area contributed by atoms with Crippen molar-refractivity contribution >= 4 is 11.9 Å². The molecule has 118 valence electrons. The number of aryl methyl sites for hydroxylation is 1. The number of carboxylic acid groups (broad SMARTS) is 1. The van der Waals surface area contributed by atoms with Gasteiger partial charge >= 0.3 is 5.97 Å². The number of carbonyl (C=O) groups excluding carboxylic acids is 1. The number of carboxylic acids is 1. The third-order valence-electron chi connectivity index (χ3n) is 5.82. The lowest BCUT2D eigenvalue weighted by atomic mass is 9.85. The molecule has 1 amide bonds. The summed E-state index contributed by atoms with van der Waals surface area (Å²) in [7, 11) is 0. The topological polar surface area (TPSA) is 84.2 Å². The summed E-state index contributed by atoms with van der Waals surface area (Å²) in [4.78, 5) is 23.7. The maximum atomic E-state index is 12.5. The molecule has 6 heteroatoms. The first kappa shape index (κ1) is 13.8. The number of fused-ring (bicyclic) bond motifs is 3. The molecule has 4 rings (SSSR count). The van der Waals surface area contributed by atoms with Gasteiger partial charge < -0.3 is 10.4 Å². The first-order valence-corrected chi connectivity index (χ1v) is 8.15. The molecule has 0 aromatic carbocycles. The average molecular weight is 303 g/mol. The second kappa shape index (κ2) is 5.11. The third-order valence-corrected chi connectivity index (χ3v) is 5.82. The lowest BCUT2D eigenvalue weighted by Gasteiger charge is -2.29. The van der Waals surface area contributed by atoms with Crippen LogP contribution in [0.5, 0.6) is 0 Å². The van der Waals surface area contributed by atoms with Gasteiger partial charge in [0.1, 0.15) is 0 Å². The van der Waals surface area contributed by atoms with Crippen molar-refractivity contribution in [3.8, 4) is 0 Å². The highest BCUT2D eigenvalue weighted by Gasteiger charge is 2.49. The molecule has 0 saturated heterocycles. The molecule has 1 aromatic rings. The van der Waals surface area contributed by atoms with E-state index >= 15 is 0 Å². The van der Waals surface area contributed by atoms with E-state index in [1.54, 1.807) is 6.20 Å². The van der Waals surface area contributed by atoms with E-state index in [0.29, 0.717) is 12.5 Å². The second-order valence-corrected chi connectivity index (χ2v) is 7.03. The van der Waals surface area contributed by atoms with Crippen LogP contribution in [0, 0.1) is 23.7 Å². The van der Waals surface area contributed by atoms with E-state index in [4.69, 9.17) is 0 Å². The predicted octanol–water partition coefficient (Wildman–Crippen LogP) is 1.06. The number of aromatic nitrogens is 2. The zero-order chi connectivity index (χ0) is 15.3. The van der Waals surface area contributed by atoms with Crippen molar-refractivity contribution < 1.29 is 14.7 Å². The fraction of sp³-hybridized carbons (Fsp3) is 0.688. The normalized spacial score (nSPS) is 36.1. The molecule has 2 N–H and O–H groups in total. The quantitative estimate of drug-likeness (QED) is 0.874. The van der Waals surface area contributed by atoms with Gasteiger partial charge in [0.25, 0.3) is 0 Å². The molecule has 0 spiro atoms. The fourth-order valence-electron chi connectivity index (χ4n) is 4.63. The van der Waals surface area contributed by atoms with Gasteiger partial charge in [0, 0.05) is 17.9 Å². The van der Waals surface area contributed by atoms with Crippen molar-refractivity contribution in [2.45, 2.75) is 44.7 Å².